The number of thiocarbonyl (C=S) groups is 1. The molecular weight excluding hydrogens is 352 g/mol. The summed E-state index contributed by atoms with van der Waals surface area (Å²) in [6, 6.07) is 12.3. The van der Waals surface area contributed by atoms with E-state index in [0.717, 1.165) is 12.1 Å². The van der Waals surface area contributed by atoms with Gasteiger partial charge in [-0.1, -0.05) is 6.92 Å². The lowest BCUT2D eigenvalue weighted by Crippen LogP contribution is -2.19. The Hall–Kier alpha value is -2.80. The Morgan fingerprint density at radius 2 is 1.77 bits per heavy atom. The summed E-state index contributed by atoms with van der Waals surface area (Å²) in [7, 11) is 3.18. The molecular formula is C19H22N2O4S. The molecule has 0 aliphatic rings. The van der Waals surface area contributed by atoms with Gasteiger partial charge in [-0.25, -0.2) is 4.79 Å². The Kier molecular flexibility index (Phi) is 7.23. The maximum Gasteiger partial charge on any atom is 0.338 e. The number of ether oxygens (including phenoxy) is 3. The van der Waals surface area contributed by atoms with Gasteiger partial charge in [0.2, 0.25) is 0 Å². The molecule has 0 saturated carbocycles. The molecule has 7 heteroatoms. The third kappa shape index (κ3) is 5.35. The van der Waals surface area contributed by atoms with E-state index in [1.54, 1.807) is 56.7 Å². The van der Waals surface area contributed by atoms with E-state index in [9.17, 15) is 4.79 Å². The van der Waals surface area contributed by atoms with Gasteiger partial charge in [0, 0.05) is 11.8 Å². The minimum Gasteiger partial charge on any atom is -0.497 e. The Labute approximate surface area is 158 Å². The molecule has 0 heterocycles. The van der Waals surface area contributed by atoms with E-state index in [2.05, 4.69) is 10.6 Å². The van der Waals surface area contributed by atoms with E-state index in [0.29, 0.717) is 34.5 Å². The van der Waals surface area contributed by atoms with Crippen molar-refractivity contribution in [1.82, 2.24) is 0 Å². The fourth-order valence-electron chi connectivity index (χ4n) is 2.16. The first-order valence-electron chi connectivity index (χ1n) is 8.14. The summed E-state index contributed by atoms with van der Waals surface area (Å²) in [5.41, 5.74) is 1.93. The van der Waals surface area contributed by atoms with Crippen molar-refractivity contribution in [3.05, 3.63) is 48.0 Å². The predicted molar refractivity (Wildman–Crippen MR) is 106 cm³/mol. The Morgan fingerprint density at radius 3 is 2.38 bits per heavy atom. The number of nitrogens with one attached hydrogen (secondary N) is 2. The van der Waals surface area contributed by atoms with Crippen LogP contribution in [0.4, 0.5) is 11.4 Å². The van der Waals surface area contributed by atoms with Crippen LogP contribution in [0.1, 0.15) is 23.7 Å². The second kappa shape index (κ2) is 9.62. The highest BCUT2D eigenvalue weighted by molar-refractivity contribution is 7.80. The van der Waals surface area contributed by atoms with E-state index in [-0.39, 0.29) is 5.97 Å². The Balaban J connectivity index is 2.01. The maximum absolute atomic E-state index is 11.8. The van der Waals surface area contributed by atoms with E-state index in [1.807, 2.05) is 6.92 Å². The van der Waals surface area contributed by atoms with Crippen LogP contribution in [0, 0.1) is 0 Å². The molecule has 0 aromatic heterocycles. The molecule has 0 saturated heterocycles. The monoisotopic (exact) mass is 374 g/mol. The van der Waals surface area contributed by atoms with Crippen molar-refractivity contribution in [2.45, 2.75) is 13.3 Å². The van der Waals surface area contributed by atoms with Crippen LogP contribution < -0.4 is 20.1 Å². The van der Waals surface area contributed by atoms with Crippen molar-refractivity contribution in [3.8, 4) is 11.5 Å². The number of hydrogen-bond donors (Lipinski definition) is 2. The van der Waals surface area contributed by atoms with Crippen molar-refractivity contribution in [1.29, 1.82) is 0 Å². The number of carbonyl (C=O) groups is 1. The van der Waals surface area contributed by atoms with Crippen LogP contribution in [-0.4, -0.2) is 31.9 Å². The lowest BCUT2D eigenvalue weighted by Gasteiger charge is -2.14. The maximum atomic E-state index is 11.8. The van der Waals surface area contributed by atoms with E-state index >= 15 is 0 Å². The SMILES string of the molecule is CCCOC(=O)c1ccc(NC(=S)Nc2cc(OC)ccc2OC)cc1. The highest BCUT2D eigenvalue weighted by atomic mass is 32.1. The summed E-state index contributed by atoms with van der Waals surface area (Å²) in [5.74, 6) is 0.996. The quantitative estimate of drug-likeness (QED) is 0.559. The first-order valence-corrected chi connectivity index (χ1v) is 8.55. The molecule has 0 spiro atoms. The van der Waals surface area contributed by atoms with Crippen LogP contribution in [0.5, 0.6) is 11.5 Å². The van der Waals surface area contributed by atoms with Crippen molar-refractivity contribution in [2.24, 2.45) is 0 Å². The topological polar surface area (TPSA) is 68.8 Å². The molecule has 0 bridgehead atoms. The zero-order chi connectivity index (χ0) is 18.9. The molecule has 0 unspecified atom stereocenters. The minimum atomic E-state index is -0.333. The lowest BCUT2D eigenvalue weighted by atomic mass is 10.2. The molecule has 0 fully saturated rings. The average molecular weight is 374 g/mol. The number of rotatable bonds is 7. The van der Waals surface area contributed by atoms with Crippen LogP contribution in [0.25, 0.3) is 0 Å². The molecule has 2 aromatic carbocycles. The normalized spacial score (nSPS) is 9.96. The second-order valence-corrected chi connectivity index (χ2v) is 5.77. The number of hydrogen-bond acceptors (Lipinski definition) is 5. The highest BCUT2D eigenvalue weighted by Crippen LogP contribution is 2.29. The number of methoxy groups -OCH3 is 2. The number of carbonyl (C=O) groups excluding carboxylic acids is 1. The van der Waals surface area contributed by atoms with Gasteiger partial charge in [-0.15, -0.1) is 0 Å². The molecule has 0 aliphatic carbocycles. The van der Waals surface area contributed by atoms with Crippen LogP contribution in [-0.2, 0) is 4.74 Å². The smallest absolute Gasteiger partial charge is 0.338 e. The van der Waals surface area contributed by atoms with Crippen molar-refractivity contribution >= 4 is 34.7 Å². The molecule has 2 aromatic rings. The zero-order valence-electron chi connectivity index (χ0n) is 15.0. The standard InChI is InChI=1S/C19H22N2O4S/c1-4-11-25-18(22)13-5-7-14(8-6-13)20-19(26)21-16-12-15(23-2)9-10-17(16)24-3/h5-10,12H,4,11H2,1-3H3,(H2,20,21,26). The van der Waals surface area contributed by atoms with Gasteiger partial charge in [0.1, 0.15) is 11.5 Å². The molecule has 2 N–H and O–H groups in total. The first kappa shape index (κ1) is 19.5. The largest absolute Gasteiger partial charge is 0.497 e. The van der Waals surface area contributed by atoms with Gasteiger partial charge in [-0.05, 0) is 55.0 Å². The van der Waals surface area contributed by atoms with Crippen LogP contribution in [0.2, 0.25) is 0 Å². The fraction of sp³-hybridized carbons (Fsp3) is 0.263. The average Bonchev–Trinajstić information content (AvgIpc) is 2.66. The number of anilines is 2. The van der Waals surface area contributed by atoms with E-state index in [4.69, 9.17) is 26.4 Å². The van der Waals surface area contributed by atoms with Gasteiger partial charge >= 0.3 is 5.97 Å². The summed E-state index contributed by atoms with van der Waals surface area (Å²) in [4.78, 5) is 11.8. The van der Waals surface area contributed by atoms with Gasteiger partial charge in [0.15, 0.2) is 5.11 Å². The molecule has 0 atom stereocenters. The predicted octanol–water partition coefficient (Wildman–Crippen LogP) is 4.08. The van der Waals surface area contributed by atoms with E-state index in [1.165, 1.54) is 0 Å². The van der Waals surface area contributed by atoms with Gasteiger partial charge in [0.25, 0.3) is 0 Å². The zero-order valence-corrected chi connectivity index (χ0v) is 15.8. The summed E-state index contributed by atoms with van der Waals surface area (Å²) >= 11 is 5.34. The van der Waals surface area contributed by atoms with Crippen LogP contribution >= 0.6 is 12.2 Å². The molecule has 26 heavy (non-hydrogen) atoms. The van der Waals surface area contributed by atoms with Gasteiger partial charge < -0.3 is 24.8 Å². The van der Waals surface area contributed by atoms with Crippen LogP contribution in [0.3, 0.4) is 0 Å². The molecule has 0 aliphatic heterocycles. The summed E-state index contributed by atoms with van der Waals surface area (Å²) in [6.07, 6.45) is 0.791. The molecule has 6 nitrogen and oxygen atoms in total. The minimum absolute atomic E-state index is 0.333. The second-order valence-electron chi connectivity index (χ2n) is 5.36. The summed E-state index contributed by atoms with van der Waals surface area (Å²) in [6.45, 7) is 2.36. The van der Waals surface area contributed by atoms with Crippen LogP contribution in [0.15, 0.2) is 42.5 Å². The molecule has 138 valence electrons. The summed E-state index contributed by atoms with van der Waals surface area (Å²) in [5, 5.41) is 6.52. The van der Waals surface area contributed by atoms with Gasteiger partial charge in [0.05, 0.1) is 32.1 Å². The Bertz CT molecular complexity index is 763. The molecule has 2 rings (SSSR count). The van der Waals surface area contributed by atoms with Crippen molar-refractivity contribution in [2.75, 3.05) is 31.5 Å². The highest BCUT2D eigenvalue weighted by Gasteiger charge is 2.09. The Morgan fingerprint density at radius 1 is 1.04 bits per heavy atom. The fourth-order valence-corrected chi connectivity index (χ4v) is 2.39. The van der Waals surface area contributed by atoms with Crippen molar-refractivity contribution in [3.63, 3.8) is 0 Å². The number of benzene rings is 2. The first-order chi connectivity index (χ1) is 12.6. The number of esters is 1. The van der Waals surface area contributed by atoms with Gasteiger partial charge in [-0.3, -0.25) is 0 Å². The lowest BCUT2D eigenvalue weighted by molar-refractivity contribution is 0.0505. The van der Waals surface area contributed by atoms with E-state index < -0.39 is 0 Å². The molecule has 0 radical (unpaired) electrons. The third-order valence-corrected chi connectivity index (χ3v) is 3.67. The van der Waals surface area contributed by atoms with Crippen molar-refractivity contribution < 1.29 is 19.0 Å². The molecule has 0 amide bonds. The summed E-state index contributed by atoms with van der Waals surface area (Å²) < 4.78 is 15.6. The third-order valence-electron chi connectivity index (χ3n) is 3.47. The van der Waals surface area contributed by atoms with Gasteiger partial charge in [-0.2, -0.15) is 0 Å².